The van der Waals surface area contributed by atoms with Crippen LogP contribution in [-0.2, 0) is 6.54 Å². The normalized spacial score (nSPS) is 10.0. The van der Waals surface area contributed by atoms with Crippen molar-refractivity contribution in [3.63, 3.8) is 0 Å². The molecule has 0 aliphatic heterocycles. The molecule has 21 heavy (non-hydrogen) atoms. The highest BCUT2D eigenvalue weighted by Crippen LogP contribution is 2.08. The fourth-order valence-electron chi connectivity index (χ4n) is 1.99. The fourth-order valence-corrected chi connectivity index (χ4v) is 1.99. The van der Waals surface area contributed by atoms with E-state index >= 15 is 0 Å². The first-order valence-electron chi connectivity index (χ1n) is 6.61. The molecule has 6 heteroatoms. The molecule has 0 saturated heterocycles. The molecule has 4 N–H and O–H groups in total. The molecule has 5 nitrogen and oxygen atoms in total. The number of hydrogen-bond donors (Lipinski definition) is 4. The molecule has 0 atom stereocenters. The van der Waals surface area contributed by atoms with Crippen LogP contribution in [0.25, 0.3) is 0 Å². The summed E-state index contributed by atoms with van der Waals surface area (Å²) in [6.45, 7) is 2.24. The van der Waals surface area contributed by atoms with Gasteiger partial charge in [-0.1, -0.05) is 36.4 Å². The van der Waals surface area contributed by atoms with E-state index in [-0.39, 0.29) is 6.03 Å². The Morgan fingerprint density at radius 2 is 1.86 bits per heavy atom. The Morgan fingerprint density at radius 3 is 2.52 bits per heavy atom. The van der Waals surface area contributed by atoms with Crippen LogP contribution in [0.4, 0.5) is 10.5 Å². The molecule has 2 rings (SSSR count). The van der Waals surface area contributed by atoms with E-state index in [9.17, 15) is 14.8 Å². The van der Waals surface area contributed by atoms with Crippen LogP contribution in [-0.4, -0.2) is 23.2 Å². The van der Waals surface area contributed by atoms with E-state index in [1.165, 1.54) is 6.07 Å². The predicted octanol–water partition coefficient (Wildman–Crippen LogP) is 0.997. The zero-order valence-corrected chi connectivity index (χ0v) is 11.7. The van der Waals surface area contributed by atoms with E-state index in [0.717, 1.165) is 11.1 Å². The van der Waals surface area contributed by atoms with E-state index in [1.807, 2.05) is 37.3 Å². The molecule has 0 aliphatic carbocycles. The number of carbonyl (C=O) groups excluding carboxylic acids is 1. The second kappa shape index (κ2) is 6.92. The number of benzene rings is 2. The third-order valence-corrected chi connectivity index (χ3v) is 2.95. The lowest BCUT2D eigenvalue weighted by molar-refractivity contribution is 0.251. The van der Waals surface area contributed by atoms with E-state index in [0.29, 0.717) is 17.7 Å². The van der Waals surface area contributed by atoms with Crippen molar-refractivity contribution in [3.05, 3.63) is 59.7 Å². The third-order valence-electron chi connectivity index (χ3n) is 2.95. The second-order valence-electron chi connectivity index (χ2n) is 4.80. The summed E-state index contributed by atoms with van der Waals surface area (Å²) in [5, 5.41) is 23.8. The lowest BCUT2D eigenvalue weighted by Crippen LogP contribution is -2.32. The summed E-state index contributed by atoms with van der Waals surface area (Å²) in [4.78, 5) is 11.8. The van der Waals surface area contributed by atoms with Crippen molar-refractivity contribution in [2.75, 3.05) is 5.32 Å². The molecule has 0 bridgehead atoms. The Labute approximate surface area is 123 Å². The highest BCUT2D eigenvalue weighted by atomic mass is 16.4. The minimum Gasteiger partial charge on any atom is -0.423 e. The van der Waals surface area contributed by atoms with Crippen LogP contribution in [0.3, 0.4) is 0 Å². The summed E-state index contributed by atoms with van der Waals surface area (Å²) >= 11 is 0. The van der Waals surface area contributed by atoms with Gasteiger partial charge in [0.15, 0.2) is 0 Å². The van der Waals surface area contributed by atoms with E-state index in [2.05, 4.69) is 10.6 Å². The first-order chi connectivity index (χ1) is 10.0. The molecule has 2 aromatic rings. The molecular weight excluding hydrogens is 267 g/mol. The van der Waals surface area contributed by atoms with Crippen molar-refractivity contribution >= 4 is 24.3 Å². The average molecular weight is 284 g/mol. The van der Waals surface area contributed by atoms with Crippen LogP contribution in [0.1, 0.15) is 11.1 Å². The highest BCUT2D eigenvalue weighted by Gasteiger charge is 2.13. The molecular formula is C15H17BN2O3. The van der Waals surface area contributed by atoms with Crippen molar-refractivity contribution in [2.45, 2.75) is 13.5 Å². The number of aryl methyl sites for hydroxylation is 1. The summed E-state index contributed by atoms with van der Waals surface area (Å²) in [5.74, 6) is 0. The van der Waals surface area contributed by atoms with Gasteiger partial charge in [0.2, 0.25) is 0 Å². The second-order valence-corrected chi connectivity index (χ2v) is 4.80. The van der Waals surface area contributed by atoms with Gasteiger partial charge < -0.3 is 20.7 Å². The Hall–Kier alpha value is -2.31. The van der Waals surface area contributed by atoms with Gasteiger partial charge in [0.25, 0.3) is 0 Å². The lowest BCUT2D eigenvalue weighted by atomic mass is 9.79. The van der Waals surface area contributed by atoms with Crippen LogP contribution >= 0.6 is 0 Å². The van der Waals surface area contributed by atoms with Crippen LogP contribution in [0.15, 0.2) is 48.5 Å². The van der Waals surface area contributed by atoms with Gasteiger partial charge in [0.1, 0.15) is 0 Å². The Bertz CT molecular complexity index is 618. The average Bonchev–Trinajstić information content (AvgIpc) is 2.45. The van der Waals surface area contributed by atoms with E-state index in [1.54, 1.807) is 12.1 Å². The van der Waals surface area contributed by atoms with Crippen LogP contribution in [0.2, 0.25) is 0 Å². The molecule has 2 aromatic carbocycles. The van der Waals surface area contributed by atoms with Gasteiger partial charge in [-0.15, -0.1) is 0 Å². The number of amides is 2. The Kier molecular flexibility index (Phi) is 4.97. The maximum absolute atomic E-state index is 11.8. The van der Waals surface area contributed by atoms with Crippen molar-refractivity contribution in [1.29, 1.82) is 0 Å². The number of carbonyl (C=O) groups is 1. The minimum absolute atomic E-state index is 0.341. The standard InChI is InChI=1S/C15H17BN2O3/c1-11-7-13(16(20)21)9-14(8-11)18-15(19)17-10-12-5-3-2-4-6-12/h2-9,20-21H,10H2,1H3,(H2,17,18,19). The van der Waals surface area contributed by atoms with Crippen molar-refractivity contribution < 1.29 is 14.8 Å². The molecule has 0 spiro atoms. The number of anilines is 1. The summed E-state index contributed by atoms with van der Waals surface area (Å²) in [6.07, 6.45) is 0. The van der Waals surface area contributed by atoms with Gasteiger partial charge in [-0.3, -0.25) is 0 Å². The molecule has 0 radical (unpaired) electrons. The van der Waals surface area contributed by atoms with Crippen LogP contribution in [0, 0.1) is 6.92 Å². The smallest absolute Gasteiger partial charge is 0.423 e. The van der Waals surface area contributed by atoms with Crippen LogP contribution < -0.4 is 16.1 Å². The maximum Gasteiger partial charge on any atom is 0.488 e. The number of nitrogens with one attached hydrogen (secondary N) is 2. The zero-order valence-electron chi connectivity index (χ0n) is 11.7. The van der Waals surface area contributed by atoms with Crippen molar-refractivity contribution in [3.8, 4) is 0 Å². The van der Waals surface area contributed by atoms with Gasteiger partial charge >= 0.3 is 13.1 Å². The number of rotatable bonds is 4. The minimum atomic E-state index is -1.56. The van der Waals surface area contributed by atoms with Crippen LogP contribution in [0.5, 0.6) is 0 Å². The van der Waals surface area contributed by atoms with E-state index < -0.39 is 7.12 Å². The largest absolute Gasteiger partial charge is 0.488 e. The lowest BCUT2D eigenvalue weighted by Gasteiger charge is -2.10. The molecule has 0 saturated carbocycles. The fraction of sp³-hybridized carbons (Fsp3) is 0.133. The topological polar surface area (TPSA) is 81.6 Å². The zero-order chi connectivity index (χ0) is 15.2. The third kappa shape index (κ3) is 4.63. The molecule has 108 valence electrons. The number of urea groups is 1. The van der Waals surface area contributed by atoms with Crippen molar-refractivity contribution in [2.24, 2.45) is 0 Å². The molecule has 2 amide bonds. The quantitative estimate of drug-likeness (QED) is 0.632. The summed E-state index contributed by atoms with van der Waals surface area (Å²) < 4.78 is 0. The van der Waals surface area contributed by atoms with Gasteiger partial charge in [0.05, 0.1) is 0 Å². The monoisotopic (exact) mass is 284 g/mol. The van der Waals surface area contributed by atoms with E-state index in [4.69, 9.17) is 0 Å². The summed E-state index contributed by atoms with van der Waals surface area (Å²) in [7, 11) is -1.56. The maximum atomic E-state index is 11.8. The molecule has 0 fully saturated rings. The Balaban J connectivity index is 1.96. The summed E-state index contributed by atoms with van der Waals surface area (Å²) in [6, 6.07) is 14.2. The van der Waals surface area contributed by atoms with Gasteiger partial charge in [0, 0.05) is 12.2 Å². The van der Waals surface area contributed by atoms with Gasteiger partial charge in [-0.05, 0) is 35.6 Å². The number of hydrogen-bond acceptors (Lipinski definition) is 3. The SMILES string of the molecule is Cc1cc(NC(=O)NCc2ccccc2)cc(B(O)O)c1. The highest BCUT2D eigenvalue weighted by molar-refractivity contribution is 6.58. The molecule has 0 heterocycles. The summed E-state index contributed by atoms with van der Waals surface area (Å²) in [5.41, 5.74) is 2.69. The molecule has 0 unspecified atom stereocenters. The van der Waals surface area contributed by atoms with Gasteiger partial charge in [-0.2, -0.15) is 0 Å². The first-order valence-corrected chi connectivity index (χ1v) is 6.61. The molecule has 0 aromatic heterocycles. The Morgan fingerprint density at radius 1 is 1.14 bits per heavy atom. The predicted molar refractivity (Wildman–Crippen MR) is 83.3 cm³/mol. The van der Waals surface area contributed by atoms with Gasteiger partial charge in [-0.25, -0.2) is 4.79 Å². The van der Waals surface area contributed by atoms with Crippen molar-refractivity contribution in [1.82, 2.24) is 5.32 Å². The molecule has 0 aliphatic rings. The first kappa shape index (κ1) is 15.1.